The van der Waals surface area contributed by atoms with Crippen LogP contribution in [0.15, 0.2) is 30.3 Å². The zero-order valence-electron chi connectivity index (χ0n) is 9.09. The molecule has 2 atom stereocenters. The van der Waals surface area contributed by atoms with Crippen molar-refractivity contribution in [3.8, 4) is 0 Å². The summed E-state index contributed by atoms with van der Waals surface area (Å²) in [5, 5.41) is 2.89. The van der Waals surface area contributed by atoms with Gasteiger partial charge in [-0.25, -0.2) is 4.79 Å². The number of amides is 1. The predicted octanol–water partition coefficient (Wildman–Crippen LogP) is 1.52. The van der Waals surface area contributed by atoms with Crippen LogP contribution in [-0.2, 0) is 11.3 Å². The molecule has 0 saturated carbocycles. The topological polar surface area (TPSA) is 64.3 Å². The number of thiol groups is 1. The molecule has 0 fully saturated rings. The van der Waals surface area contributed by atoms with Crippen LogP contribution in [0.1, 0.15) is 12.5 Å². The van der Waals surface area contributed by atoms with Crippen LogP contribution in [0.5, 0.6) is 0 Å². The van der Waals surface area contributed by atoms with Crippen molar-refractivity contribution < 1.29 is 9.53 Å². The lowest BCUT2D eigenvalue weighted by molar-refractivity contribution is 0.109. The molecule has 1 amide bonds. The molecule has 88 valence electrons. The largest absolute Gasteiger partial charge is 0.444 e. The molecule has 1 aromatic rings. The van der Waals surface area contributed by atoms with Crippen molar-refractivity contribution in [2.45, 2.75) is 24.9 Å². The Hall–Kier alpha value is -1.20. The molecule has 0 aliphatic rings. The van der Waals surface area contributed by atoms with Gasteiger partial charge in [0.15, 0.2) is 0 Å². The van der Waals surface area contributed by atoms with Gasteiger partial charge in [-0.2, -0.15) is 12.6 Å². The first-order valence-corrected chi connectivity index (χ1v) is 5.52. The van der Waals surface area contributed by atoms with Crippen LogP contribution in [0.4, 0.5) is 4.79 Å². The van der Waals surface area contributed by atoms with Gasteiger partial charge in [-0.1, -0.05) is 30.3 Å². The Morgan fingerprint density at radius 3 is 2.69 bits per heavy atom. The van der Waals surface area contributed by atoms with Gasteiger partial charge in [-0.05, 0) is 12.5 Å². The fourth-order valence-corrected chi connectivity index (χ4v) is 1.38. The monoisotopic (exact) mass is 240 g/mol. The number of carbonyl (C=O) groups is 1. The van der Waals surface area contributed by atoms with Crippen LogP contribution in [0.3, 0.4) is 0 Å². The van der Waals surface area contributed by atoms with E-state index in [1.165, 1.54) is 0 Å². The maximum atomic E-state index is 10.5. The molecule has 0 aliphatic carbocycles. The molecule has 0 spiro atoms. The van der Waals surface area contributed by atoms with Crippen molar-refractivity contribution in [3.05, 3.63) is 35.9 Å². The summed E-state index contributed by atoms with van der Waals surface area (Å²) in [5.41, 5.74) is 6.06. The van der Waals surface area contributed by atoms with Gasteiger partial charge in [0.05, 0.1) is 5.37 Å². The average molecular weight is 240 g/mol. The Kier molecular flexibility index (Phi) is 5.14. The van der Waals surface area contributed by atoms with Crippen molar-refractivity contribution in [2.75, 3.05) is 0 Å². The predicted molar refractivity (Wildman–Crippen MR) is 66.2 cm³/mol. The summed E-state index contributed by atoms with van der Waals surface area (Å²) in [7, 11) is 0. The number of hydrogen-bond donors (Lipinski definition) is 3. The molecule has 0 aliphatic heterocycles. The number of rotatable bonds is 5. The van der Waals surface area contributed by atoms with Gasteiger partial charge in [0.1, 0.15) is 6.10 Å². The third-order valence-electron chi connectivity index (χ3n) is 2.10. The van der Waals surface area contributed by atoms with E-state index in [-0.39, 0.29) is 11.5 Å². The smallest absolute Gasteiger partial charge is 0.404 e. The fraction of sp³-hybridized carbons (Fsp3) is 0.364. The Morgan fingerprint density at radius 2 is 2.12 bits per heavy atom. The molecule has 1 rings (SSSR count). The average Bonchev–Trinajstić information content (AvgIpc) is 2.26. The molecular weight excluding hydrogens is 224 g/mol. The molecule has 0 bridgehead atoms. The molecule has 0 unspecified atom stereocenters. The first kappa shape index (κ1) is 12.9. The van der Waals surface area contributed by atoms with E-state index in [2.05, 4.69) is 17.9 Å². The molecule has 0 aromatic heterocycles. The number of ether oxygens (including phenoxy) is 1. The molecule has 5 heteroatoms. The van der Waals surface area contributed by atoms with Gasteiger partial charge in [0.25, 0.3) is 0 Å². The third-order valence-corrected chi connectivity index (χ3v) is 2.71. The fourth-order valence-electron chi connectivity index (χ4n) is 1.23. The Balaban J connectivity index is 2.35. The second-order valence-corrected chi connectivity index (χ2v) is 4.01. The number of benzene rings is 1. The van der Waals surface area contributed by atoms with Gasteiger partial charge in [0.2, 0.25) is 0 Å². The molecule has 4 nitrogen and oxygen atoms in total. The van der Waals surface area contributed by atoms with E-state index in [9.17, 15) is 4.79 Å². The number of primary amides is 1. The minimum atomic E-state index is -0.784. The van der Waals surface area contributed by atoms with E-state index in [1.54, 1.807) is 6.92 Å². The zero-order chi connectivity index (χ0) is 12.0. The highest BCUT2D eigenvalue weighted by Gasteiger charge is 2.15. The maximum absolute atomic E-state index is 10.5. The van der Waals surface area contributed by atoms with Gasteiger partial charge < -0.3 is 10.5 Å². The summed E-state index contributed by atoms with van der Waals surface area (Å²) < 4.78 is 4.80. The molecular formula is C11H16N2O2S. The highest BCUT2D eigenvalue weighted by molar-refractivity contribution is 7.81. The lowest BCUT2D eigenvalue weighted by Gasteiger charge is -2.19. The zero-order valence-corrected chi connectivity index (χ0v) is 9.98. The summed E-state index contributed by atoms with van der Waals surface area (Å²) >= 11 is 4.29. The normalized spacial score (nSPS) is 14.1. The Morgan fingerprint density at radius 1 is 1.50 bits per heavy atom. The third kappa shape index (κ3) is 4.55. The molecule has 3 N–H and O–H groups in total. The second-order valence-electron chi connectivity index (χ2n) is 3.45. The maximum Gasteiger partial charge on any atom is 0.404 e. The van der Waals surface area contributed by atoms with Gasteiger partial charge in [0, 0.05) is 6.54 Å². The van der Waals surface area contributed by atoms with Crippen molar-refractivity contribution in [1.82, 2.24) is 5.32 Å². The van der Waals surface area contributed by atoms with Crippen molar-refractivity contribution in [3.63, 3.8) is 0 Å². The summed E-state index contributed by atoms with van der Waals surface area (Å²) in [4.78, 5) is 10.5. The highest BCUT2D eigenvalue weighted by atomic mass is 32.1. The van der Waals surface area contributed by atoms with E-state index in [0.717, 1.165) is 5.56 Å². The van der Waals surface area contributed by atoms with Crippen LogP contribution < -0.4 is 11.1 Å². The number of nitrogens with two attached hydrogens (primary N) is 1. The summed E-state index contributed by atoms with van der Waals surface area (Å²) in [5.74, 6) is 0. The highest BCUT2D eigenvalue weighted by Crippen LogP contribution is 2.05. The molecule has 0 saturated heterocycles. The van der Waals surface area contributed by atoms with E-state index < -0.39 is 6.09 Å². The first-order valence-electron chi connectivity index (χ1n) is 5.01. The number of nitrogens with one attached hydrogen (secondary N) is 1. The van der Waals surface area contributed by atoms with Gasteiger partial charge >= 0.3 is 6.09 Å². The van der Waals surface area contributed by atoms with Crippen molar-refractivity contribution in [2.24, 2.45) is 5.73 Å². The first-order chi connectivity index (χ1) is 7.59. The summed E-state index contributed by atoms with van der Waals surface area (Å²) in [6.45, 7) is 2.40. The van der Waals surface area contributed by atoms with E-state index >= 15 is 0 Å². The van der Waals surface area contributed by atoms with Crippen LogP contribution >= 0.6 is 12.6 Å². The lowest BCUT2D eigenvalue weighted by atomic mass is 10.2. The SMILES string of the molecule is C[C@H](OC(N)=O)[C@H](S)NCc1ccccc1. The van der Waals surface area contributed by atoms with Crippen molar-refractivity contribution in [1.29, 1.82) is 0 Å². The summed E-state index contributed by atoms with van der Waals surface area (Å²) in [6.07, 6.45) is -1.15. The second kappa shape index (κ2) is 6.40. The van der Waals surface area contributed by atoms with Gasteiger partial charge in [-0.3, -0.25) is 5.32 Å². The Labute approximate surface area is 101 Å². The van der Waals surface area contributed by atoms with E-state index in [1.807, 2.05) is 30.3 Å². The van der Waals surface area contributed by atoms with Crippen LogP contribution in [0.2, 0.25) is 0 Å². The standard InChI is InChI=1S/C11H16N2O2S/c1-8(15-11(12)14)10(16)13-7-9-5-3-2-4-6-9/h2-6,8,10,13,16H,7H2,1H3,(H2,12,14)/t8-,10-/m0/s1. The van der Waals surface area contributed by atoms with E-state index in [4.69, 9.17) is 10.5 Å². The van der Waals surface area contributed by atoms with Crippen LogP contribution in [0, 0.1) is 0 Å². The van der Waals surface area contributed by atoms with E-state index in [0.29, 0.717) is 6.54 Å². The molecule has 0 radical (unpaired) electrons. The lowest BCUT2D eigenvalue weighted by Crippen LogP contribution is -2.37. The Bertz CT molecular complexity index is 332. The summed E-state index contributed by atoms with van der Waals surface area (Å²) in [6, 6.07) is 9.91. The molecule has 0 heterocycles. The van der Waals surface area contributed by atoms with Crippen LogP contribution in [-0.4, -0.2) is 17.6 Å². The molecule has 1 aromatic carbocycles. The van der Waals surface area contributed by atoms with Gasteiger partial charge in [-0.15, -0.1) is 0 Å². The molecule has 16 heavy (non-hydrogen) atoms. The number of carbonyl (C=O) groups excluding carboxylic acids is 1. The van der Waals surface area contributed by atoms with Crippen molar-refractivity contribution >= 4 is 18.7 Å². The van der Waals surface area contributed by atoms with Crippen LogP contribution in [0.25, 0.3) is 0 Å². The quantitative estimate of drug-likeness (QED) is 0.540. The minimum Gasteiger partial charge on any atom is -0.444 e. The number of hydrogen-bond acceptors (Lipinski definition) is 4. The minimum absolute atomic E-state index is 0.243.